The van der Waals surface area contributed by atoms with Gasteiger partial charge in [-0.05, 0) is 62.2 Å². The Balaban J connectivity index is 0.000000191. The molecule has 41 heavy (non-hydrogen) atoms. The van der Waals surface area contributed by atoms with Crippen molar-refractivity contribution in [3.8, 4) is 17.5 Å². The first-order valence-corrected chi connectivity index (χ1v) is 14.7. The van der Waals surface area contributed by atoms with Gasteiger partial charge in [-0.1, -0.05) is 23.2 Å². The van der Waals surface area contributed by atoms with E-state index in [4.69, 9.17) is 47.7 Å². The number of hydrogen-bond donors (Lipinski definition) is 0. The first-order valence-electron chi connectivity index (χ1n) is 13.9. The molecule has 2 saturated heterocycles. The maximum Gasteiger partial charge on any atom is 0.159 e. The normalized spacial score (nSPS) is 16.6. The van der Waals surface area contributed by atoms with Crippen LogP contribution in [0, 0.1) is 11.3 Å². The molecular weight excluding hydrogens is 561 g/mol. The molecule has 0 radical (unpaired) electrons. The maximum absolute atomic E-state index is 8.72. The fraction of sp³-hybridized carbons (Fsp3) is 0.387. The minimum absolute atomic E-state index is 0.594. The van der Waals surface area contributed by atoms with Crippen molar-refractivity contribution < 1.29 is 14.2 Å². The van der Waals surface area contributed by atoms with E-state index in [9.17, 15) is 0 Å². The summed E-state index contributed by atoms with van der Waals surface area (Å²) in [7, 11) is 0. The van der Waals surface area contributed by atoms with E-state index in [1.54, 1.807) is 12.1 Å². The van der Waals surface area contributed by atoms with Crippen molar-refractivity contribution in [1.82, 2.24) is 9.97 Å². The molecule has 1 aromatic heterocycles. The molecule has 0 spiro atoms. The van der Waals surface area contributed by atoms with Gasteiger partial charge in [-0.2, -0.15) is 5.26 Å². The SMILES string of the molecule is CCOC1=CCCc2cnc(-c3ccc(N4CCOCC4)c(Cl)c3)nc21.N#Cc1ccc(N2CCOCC2)c(Cl)c1. The summed E-state index contributed by atoms with van der Waals surface area (Å²) in [5.74, 6) is 1.53. The zero-order chi connectivity index (χ0) is 28.6. The van der Waals surface area contributed by atoms with Gasteiger partial charge >= 0.3 is 0 Å². The first-order chi connectivity index (χ1) is 20.1. The lowest BCUT2D eigenvalue weighted by molar-refractivity contribution is 0.122. The van der Waals surface area contributed by atoms with E-state index in [0.29, 0.717) is 28.0 Å². The Morgan fingerprint density at radius 2 is 1.56 bits per heavy atom. The third kappa shape index (κ3) is 7.11. The topological polar surface area (TPSA) is 83.7 Å². The second-order valence-electron chi connectivity index (χ2n) is 9.75. The van der Waals surface area contributed by atoms with Crippen LogP contribution in [0.4, 0.5) is 11.4 Å². The Labute approximate surface area is 251 Å². The summed E-state index contributed by atoms with van der Waals surface area (Å²) in [4.78, 5) is 13.7. The van der Waals surface area contributed by atoms with Gasteiger partial charge in [0, 0.05) is 43.5 Å². The Morgan fingerprint density at radius 1 is 0.927 bits per heavy atom. The number of morpholine rings is 2. The number of benzene rings is 2. The van der Waals surface area contributed by atoms with Gasteiger partial charge in [0.15, 0.2) is 5.82 Å². The zero-order valence-corrected chi connectivity index (χ0v) is 24.6. The second kappa shape index (κ2) is 14.0. The first kappa shape index (κ1) is 29.2. The number of fused-ring (bicyclic) bond motifs is 1. The van der Waals surface area contributed by atoms with Crippen molar-refractivity contribution in [2.24, 2.45) is 0 Å². The van der Waals surface area contributed by atoms with Crippen LogP contribution in [0.3, 0.4) is 0 Å². The third-order valence-corrected chi connectivity index (χ3v) is 7.73. The van der Waals surface area contributed by atoms with E-state index >= 15 is 0 Å². The standard InChI is InChI=1S/C20H22ClN3O2.C11H11ClN2O/c1-2-26-18-5-3-4-15-13-22-20(23-19(15)18)14-6-7-17(16(21)12-14)24-8-10-25-11-9-24;12-10-7-9(8-13)1-2-11(10)14-3-5-15-6-4-14/h5-7,12-13H,2-4,8-11H2,1H3;1-2,7H,3-6H2. The molecule has 3 heterocycles. The number of nitrogens with zero attached hydrogens (tertiary/aromatic N) is 5. The van der Waals surface area contributed by atoms with Gasteiger partial charge in [0.25, 0.3) is 0 Å². The number of aromatic nitrogens is 2. The van der Waals surface area contributed by atoms with Gasteiger partial charge in [-0.3, -0.25) is 0 Å². The molecule has 0 amide bonds. The Kier molecular flexibility index (Phi) is 9.97. The number of aryl methyl sites for hydroxylation is 1. The molecular formula is C31H33Cl2N5O3. The van der Waals surface area contributed by atoms with E-state index in [-0.39, 0.29) is 0 Å². The minimum Gasteiger partial charge on any atom is -0.492 e. The smallest absolute Gasteiger partial charge is 0.159 e. The summed E-state index contributed by atoms with van der Waals surface area (Å²) in [6.07, 6.45) is 5.93. The highest BCUT2D eigenvalue weighted by Gasteiger charge is 2.19. The number of rotatable bonds is 5. The van der Waals surface area contributed by atoms with Crippen LogP contribution in [0.25, 0.3) is 17.1 Å². The summed E-state index contributed by atoms with van der Waals surface area (Å²) in [5.41, 5.74) is 5.56. The lowest BCUT2D eigenvalue weighted by atomic mass is 10.0. The number of halogens is 2. The molecule has 2 aromatic carbocycles. The average Bonchev–Trinajstić information content (AvgIpc) is 3.02. The van der Waals surface area contributed by atoms with Crippen molar-refractivity contribution in [2.45, 2.75) is 19.8 Å². The van der Waals surface area contributed by atoms with Gasteiger partial charge in [0.1, 0.15) is 11.5 Å². The Hall–Kier alpha value is -3.35. The predicted octanol–water partition coefficient (Wildman–Crippen LogP) is 6.01. The van der Waals surface area contributed by atoms with Crippen LogP contribution in [0.2, 0.25) is 10.0 Å². The number of anilines is 2. The van der Waals surface area contributed by atoms with Gasteiger partial charge in [-0.15, -0.1) is 0 Å². The molecule has 3 aliphatic rings. The summed E-state index contributed by atoms with van der Waals surface area (Å²) < 4.78 is 16.4. The van der Waals surface area contributed by atoms with Crippen LogP contribution in [-0.2, 0) is 20.6 Å². The molecule has 8 nitrogen and oxygen atoms in total. The number of allylic oxidation sites excluding steroid dienone is 1. The molecule has 10 heteroatoms. The lowest BCUT2D eigenvalue weighted by Crippen LogP contribution is -2.36. The summed E-state index contributed by atoms with van der Waals surface area (Å²) in [5, 5.41) is 10.1. The molecule has 6 rings (SSSR count). The number of nitriles is 1. The van der Waals surface area contributed by atoms with Crippen molar-refractivity contribution in [1.29, 1.82) is 5.26 Å². The molecule has 0 N–H and O–H groups in total. The van der Waals surface area contributed by atoms with E-state index in [1.165, 1.54) is 0 Å². The fourth-order valence-electron chi connectivity index (χ4n) is 5.02. The number of ether oxygens (including phenoxy) is 3. The second-order valence-corrected chi connectivity index (χ2v) is 10.6. The molecule has 0 bridgehead atoms. The van der Waals surface area contributed by atoms with E-state index in [1.807, 2.05) is 37.4 Å². The highest BCUT2D eigenvalue weighted by atomic mass is 35.5. The average molecular weight is 595 g/mol. The molecule has 214 valence electrons. The van der Waals surface area contributed by atoms with E-state index < -0.39 is 0 Å². The molecule has 0 atom stereocenters. The van der Waals surface area contributed by atoms with Gasteiger partial charge in [0.2, 0.25) is 0 Å². The number of hydrogen-bond acceptors (Lipinski definition) is 8. The van der Waals surface area contributed by atoms with Crippen LogP contribution >= 0.6 is 23.2 Å². The van der Waals surface area contributed by atoms with Crippen molar-refractivity contribution in [2.75, 3.05) is 69.0 Å². The zero-order valence-electron chi connectivity index (χ0n) is 23.1. The van der Waals surface area contributed by atoms with Crippen LogP contribution in [0.1, 0.15) is 30.2 Å². The van der Waals surface area contributed by atoms with Gasteiger partial charge in [0.05, 0.1) is 66.1 Å². The predicted molar refractivity (Wildman–Crippen MR) is 163 cm³/mol. The summed E-state index contributed by atoms with van der Waals surface area (Å²) >= 11 is 12.7. The monoisotopic (exact) mass is 593 g/mol. The van der Waals surface area contributed by atoms with Crippen molar-refractivity contribution >= 4 is 40.3 Å². The summed E-state index contributed by atoms with van der Waals surface area (Å²) in [6, 6.07) is 13.5. The van der Waals surface area contributed by atoms with Crippen LogP contribution < -0.4 is 9.80 Å². The highest BCUT2D eigenvalue weighted by Crippen LogP contribution is 2.32. The van der Waals surface area contributed by atoms with Crippen molar-refractivity contribution in [3.05, 3.63) is 75.5 Å². The third-order valence-electron chi connectivity index (χ3n) is 7.13. The lowest BCUT2D eigenvalue weighted by Gasteiger charge is -2.29. The molecule has 0 unspecified atom stereocenters. The Bertz CT molecular complexity index is 1430. The van der Waals surface area contributed by atoms with Crippen molar-refractivity contribution in [3.63, 3.8) is 0 Å². The van der Waals surface area contributed by atoms with E-state index in [2.05, 4.69) is 26.9 Å². The van der Waals surface area contributed by atoms with Gasteiger partial charge < -0.3 is 24.0 Å². The summed E-state index contributed by atoms with van der Waals surface area (Å²) in [6.45, 7) is 8.97. The van der Waals surface area contributed by atoms with Gasteiger partial charge in [-0.25, -0.2) is 9.97 Å². The molecule has 2 aliphatic heterocycles. The molecule has 3 aromatic rings. The molecule has 0 saturated carbocycles. The fourth-order valence-corrected chi connectivity index (χ4v) is 5.62. The van der Waals surface area contributed by atoms with Crippen LogP contribution in [-0.4, -0.2) is 69.2 Å². The quantitative estimate of drug-likeness (QED) is 0.356. The largest absolute Gasteiger partial charge is 0.492 e. The van der Waals surface area contributed by atoms with Crippen LogP contribution in [0.15, 0.2) is 48.7 Å². The maximum atomic E-state index is 8.72. The van der Waals surface area contributed by atoms with E-state index in [0.717, 1.165) is 99.4 Å². The molecule has 1 aliphatic carbocycles. The molecule has 2 fully saturated rings. The Morgan fingerprint density at radius 3 is 2.15 bits per heavy atom. The minimum atomic E-state index is 0.594. The van der Waals surface area contributed by atoms with Crippen LogP contribution in [0.5, 0.6) is 0 Å². The highest BCUT2D eigenvalue weighted by molar-refractivity contribution is 6.33.